The van der Waals surface area contributed by atoms with Crippen LogP contribution in [0.4, 0.5) is 10.5 Å². The Morgan fingerprint density at radius 2 is 1.83 bits per heavy atom. The van der Waals surface area contributed by atoms with Crippen molar-refractivity contribution in [2.24, 2.45) is 0 Å². The molecule has 0 aromatic heterocycles. The molecule has 0 spiro atoms. The number of hydrogen-bond acceptors (Lipinski definition) is 6. The van der Waals surface area contributed by atoms with E-state index in [1.165, 1.54) is 32.4 Å². The van der Waals surface area contributed by atoms with Gasteiger partial charge in [-0.3, -0.25) is 4.79 Å². The van der Waals surface area contributed by atoms with Crippen LogP contribution in [0.25, 0.3) is 0 Å². The van der Waals surface area contributed by atoms with E-state index < -0.39 is 5.97 Å². The van der Waals surface area contributed by atoms with Gasteiger partial charge in [-0.25, -0.2) is 9.59 Å². The van der Waals surface area contributed by atoms with Gasteiger partial charge >= 0.3 is 12.0 Å². The van der Waals surface area contributed by atoms with Crippen LogP contribution in [-0.2, 0) is 4.79 Å². The van der Waals surface area contributed by atoms with E-state index in [2.05, 4.69) is 16.0 Å². The molecule has 9 nitrogen and oxygen atoms in total. The summed E-state index contributed by atoms with van der Waals surface area (Å²) in [7, 11) is 2.93. The highest BCUT2D eigenvalue weighted by molar-refractivity contribution is 5.92. The maximum absolute atomic E-state index is 12.5. The van der Waals surface area contributed by atoms with E-state index in [1.54, 1.807) is 24.3 Å². The van der Waals surface area contributed by atoms with E-state index in [4.69, 9.17) is 14.2 Å². The quantitative estimate of drug-likeness (QED) is 0.428. The fourth-order valence-electron chi connectivity index (χ4n) is 2.35. The van der Waals surface area contributed by atoms with Crippen molar-refractivity contribution in [1.29, 1.82) is 0 Å². The molecule has 160 valence electrons. The van der Waals surface area contributed by atoms with Crippen LogP contribution in [0.2, 0.25) is 0 Å². The number of methoxy groups -OCH3 is 1. The number of carbonyl (C=O) groups excluding carboxylic acids is 3. The topological polar surface area (TPSA) is 115 Å². The number of benzene rings is 2. The van der Waals surface area contributed by atoms with Crippen molar-refractivity contribution >= 4 is 23.6 Å². The van der Waals surface area contributed by atoms with Crippen LogP contribution in [0.1, 0.15) is 23.7 Å². The average Bonchev–Trinajstić information content (AvgIpc) is 2.76. The van der Waals surface area contributed by atoms with E-state index in [-0.39, 0.29) is 35.6 Å². The number of carbonyl (C=O) groups is 3. The van der Waals surface area contributed by atoms with Crippen molar-refractivity contribution in [2.45, 2.75) is 13.3 Å². The molecule has 2 rings (SSSR count). The first-order chi connectivity index (χ1) is 14.5. The van der Waals surface area contributed by atoms with Gasteiger partial charge in [0.2, 0.25) is 0 Å². The SMILES string of the molecule is CCCNC(=O)Nc1cccc(OC(=O)c2ccc(OCC(=O)NC)c(OC)c2)c1. The Bertz CT molecular complexity index is 900. The molecule has 2 aromatic rings. The summed E-state index contributed by atoms with van der Waals surface area (Å²) in [6.07, 6.45) is 0.824. The number of likely N-dealkylation sites (N-methyl/N-ethyl adjacent to an activating group) is 1. The minimum Gasteiger partial charge on any atom is -0.493 e. The summed E-state index contributed by atoms with van der Waals surface area (Å²) in [6, 6.07) is 10.6. The summed E-state index contributed by atoms with van der Waals surface area (Å²) in [5.74, 6) is -0.0263. The lowest BCUT2D eigenvalue weighted by Gasteiger charge is -2.12. The Labute approximate surface area is 174 Å². The molecule has 0 bridgehead atoms. The summed E-state index contributed by atoms with van der Waals surface area (Å²) in [5.41, 5.74) is 0.725. The minimum atomic E-state index is -0.612. The summed E-state index contributed by atoms with van der Waals surface area (Å²) < 4.78 is 16.0. The average molecular weight is 415 g/mol. The van der Waals surface area contributed by atoms with Gasteiger partial charge in [0, 0.05) is 25.3 Å². The number of hydrogen-bond donors (Lipinski definition) is 3. The molecule has 2 aromatic carbocycles. The Hall–Kier alpha value is -3.75. The maximum atomic E-state index is 12.5. The zero-order chi connectivity index (χ0) is 21.9. The maximum Gasteiger partial charge on any atom is 0.343 e. The third kappa shape index (κ3) is 6.69. The smallest absolute Gasteiger partial charge is 0.343 e. The summed E-state index contributed by atoms with van der Waals surface area (Å²) in [6.45, 7) is 2.34. The summed E-state index contributed by atoms with van der Waals surface area (Å²) in [4.78, 5) is 35.6. The molecule has 30 heavy (non-hydrogen) atoms. The van der Waals surface area contributed by atoms with Gasteiger partial charge in [-0.05, 0) is 36.8 Å². The van der Waals surface area contributed by atoms with Gasteiger partial charge in [0.15, 0.2) is 18.1 Å². The molecule has 3 N–H and O–H groups in total. The van der Waals surface area contributed by atoms with E-state index in [0.717, 1.165) is 6.42 Å². The number of esters is 1. The van der Waals surface area contributed by atoms with Gasteiger partial charge < -0.3 is 30.2 Å². The number of amides is 3. The molecule has 3 amide bonds. The van der Waals surface area contributed by atoms with E-state index in [9.17, 15) is 14.4 Å². The predicted molar refractivity (Wildman–Crippen MR) is 111 cm³/mol. The second-order valence-corrected chi connectivity index (χ2v) is 6.13. The highest BCUT2D eigenvalue weighted by Gasteiger charge is 2.14. The zero-order valence-electron chi connectivity index (χ0n) is 17.1. The first-order valence-electron chi connectivity index (χ1n) is 9.35. The van der Waals surface area contributed by atoms with Crippen molar-refractivity contribution in [3.8, 4) is 17.2 Å². The van der Waals surface area contributed by atoms with Crippen LogP contribution < -0.4 is 30.2 Å². The Morgan fingerprint density at radius 1 is 1.03 bits per heavy atom. The van der Waals surface area contributed by atoms with Gasteiger partial charge in [-0.15, -0.1) is 0 Å². The molecule has 0 unspecified atom stereocenters. The van der Waals surface area contributed by atoms with Crippen LogP contribution >= 0.6 is 0 Å². The number of anilines is 1. The third-order valence-electron chi connectivity index (χ3n) is 3.87. The van der Waals surface area contributed by atoms with Crippen LogP contribution in [0.3, 0.4) is 0 Å². The molecule has 0 aliphatic rings. The molecule has 0 aliphatic heterocycles. The van der Waals surface area contributed by atoms with Crippen LogP contribution in [-0.4, -0.2) is 45.2 Å². The molecule has 0 saturated heterocycles. The molecule has 0 aliphatic carbocycles. The molecule has 9 heteroatoms. The van der Waals surface area contributed by atoms with Crippen LogP contribution in [0.15, 0.2) is 42.5 Å². The second kappa shape index (κ2) is 11.3. The lowest BCUT2D eigenvalue weighted by Crippen LogP contribution is -2.29. The zero-order valence-corrected chi connectivity index (χ0v) is 17.1. The Morgan fingerprint density at radius 3 is 2.53 bits per heavy atom. The van der Waals surface area contributed by atoms with Crippen molar-refractivity contribution < 1.29 is 28.6 Å². The molecular weight excluding hydrogens is 390 g/mol. The third-order valence-corrected chi connectivity index (χ3v) is 3.87. The largest absolute Gasteiger partial charge is 0.493 e. The fraction of sp³-hybridized carbons (Fsp3) is 0.286. The Balaban J connectivity index is 2.05. The van der Waals surface area contributed by atoms with Crippen LogP contribution in [0.5, 0.6) is 17.2 Å². The van der Waals surface area contributed by atoms with Gasteiger partial charge in [-0.2, -0.15) is 0 Å². The fourth-order valence-corrected chi connectivity index (χ4v) is 2.35. The first kappa shape index (κ1) is 22.5. The van der Waals surface area contributed by atoms with Crippen LogP contribution in [0, 0.1) is 0 Å². The Kier molecular flexibility index (Phi) is 8.49. The summed E-state index contributed by atoms with van der Waals surface area (Å²) in [5, 5.41) is 7.82. The van der Waals surface area contributed by atoms with E-state index in [1.807, 2.05) is 6.92 Å². The second-order valence-electron chi connectivity index (χ2n) is 6.13. The molecular formula is C21H25N3O6. The van der Waals surface area contributed by atoms with Crippen molar-refractivity contribution in [3.05, 3.63) is 48.0 Å². The van der Waals surface area contributed by atoms with E-state index >= 15 is 0 Å². The lowest BCUT2D eigenvalue weighted by atomic mass is 10.2. The number of urea groups is 1. The lowest BCUT2D eigenvalue weighted by molar-refractivity contribution is -0.122. The van der Waals surface area contributed by atoms with Crippen molar-refractivity contribution in [3.63, 3.8) is 0 Å². The van der Waals surface area contributed by atoms with Gasteiger partial charge in [0.1, 0.15) is 5.75 Å². The molecule has 0 radical (unpaired) electrons. The van der Waals surface area contributed by atoms with Gasteiger partial charge in [0.25, 0.3) is 5.91 Å². The first-order valence-corrected chi connectivity index (χ1v) is 9.35. The van der Waals surface area contributed by atoms with E-state index in [0.29, 0.717) is 18.0 Å². The monoisotopic (exact) mass is 415 g/mol. The standard InChI is InChI=1S/C21H25N3O6/c1-4-10-23-21(27)24-15-6-5-7-16(12-15)30-20(26)14-8-9-17(18(11-14)28-3)29-13-19(25)22-2/h5-9,11-12H,4,10,13H2,1-3H3,(H,22,25)(H2,23,24,27). The number of rotatable bonds is 9. The normalized spacial score (nSPS) is 9.97. The minimum absolute atomic E-state index is 0.178. The highest BCUT2D eigenvalue weighted by Crippen LogP contribution is 2.29. The van der Waals surface area contributed by atoms with Crippen molar-refractivity contribution in [1.82, 2.24) is 10.6 Å². The van der Waals surface area contributed by atoms with Gasteiger partial charge in [0.05, 0.1) is 12.7 Å². The number of nitrogens with one attached hydrogen (secondary N) is 3. The molecule has 0 heterocycles. The predicted octanol–water partition coefficient (Wildman–Crippen LogP) is 2.57. The van der Waals surface area contributed by atoms with Gasteiger partial charge in [-0.1, -0.05) is 13.0 Å². The van der Waals surface area contributed by atoms with Crippen molar-refractivity contribution in [2.75, 3.05) is 32.6 Å². The molecule has 0 saturated carbocycles. The number of ether oxygens (including phenoxy) is 3. The molecule has 0 fully saturated rings. The summed E-state index contributed by atoms with van der Waals surface area (Å²) >= 11 is 0. The molecule has 0 atom stereocenters. The highest BCUT2D eigenvalue weighted by atomic mass is 16.5.